The molecule has 2 rings (SSSR count). The highest BCUT2D eigenvalue weighted by Gasteiger charge is 2.32. The van der Waals surface area contributed by atoms with Gasteiger partial charge < -0.3 is 10.6 Å². The average molecular weight is 288 g/mol. The maximum atomic E-state index is 12.3. The number of anilines is 1. The Kier molecular flexibility index (Phi) is 5.27. The molecule has 116 valence electrons. The smallest absolute Gasteiger partial charge is 0.222 e. The molecule has 1 saturated heterocycles. The van der Waals surface area contributed by atoms with E-state index in [2.05, 4.69) is 18.7 Å². The van der Waals surface area contributed by atoms with Crippen LogP contribution in [0.5, 0.6) is 0 Å². The van der Waals surface area contributed by atoms with Crippen LogP contribution >= 0.6 is 0 Å². The van der Waals surface area contributed by atoms with Crippen molar-refractivity contribution in [2.75, 3.05) is 18.8 Å². The molecule has 3 nitrogen and oxygen atoms in total. The quantitative estimate of drug-likeness (QED) is 0.841. The number of likely N-dealkylation sites (tertiary alicyclic amines) is 1. The van der Waals surface area contributed by atoms with Gasteiger partial charge in [-0.15, -0.1) is 0 Å². The van der Waals surface area contributed by atoms with Crippen molar-refractivity contribution in [3.63, 3.8) is 0 Å². The minimum absolute atomic E-state index is 0.299. The van der Waals surface area contributed by atoms with E-state index in [0.29, 0.717) is 17.7 Å². The summed E-state index contributed by atoms with van der Waals surface area (Å²) in [6.45, 7) is 6.43. The Labute approximate surface area is 128 Å². The molecule has 1 aliphatic rings. The molecule has 1 aromatic carbocycles. The van der Waals surface area contributed by atoms with E-state index >= 15 is 0 Å². The predicted octanol–water partition coefficient (Wildman–Crippen LogP) is 3.63. The molecule has 0 unspecified atom stereocenters. The molecular weight excluding hydrogens is 260 g/mol. The lowest BCUT2D eigenvalue weighted by molar-refractivity contribution is -0.133. The van der Waals surface area contributed by atoms with Gasteiger partial charge in [0.2, 0.25) is 5.91 Å². The number of nitrogens with zero attached hydrogens (tertiary/aromatic N) is 1. The normalized spacial score (nSPS) is 17.7. The summed E-state index contributed by atoms with van der Waals surface area (Å²) in [6, 6.07) is 7.82. The van der Waals surface area contributed by atoms with Crippen LogP contribution in [0.1, 0.15) is 51.5 Å². The fourth-order valence-electron chi connectivity index (χ4n) is 3.28. The van der Waals surface area contributed by atoms with Crippen molar-refractivity contribution in [1.82, 2.24) is 4.90 Å². The number of benzene rings is 1. The van der Waals surface area contributed by atoms with Crippen molar-refractivity contribution in [2.45, 2.75) is 52.4 Å². The Balaban J connectivity index is 1.81. The molecule has 21 heavy (non-hydrogen) atoms. The molecule has 0 aromatic heterocycles. The molecule has 1 aromatic rings. The average Bonchev–Trinajstić information content (AvgIpc) is 2.54. The molecule has 0 spiro atoms. The molecule has 1 fully saturated rings. The van der Waals surface area contributed by atoms with Crippen LogP contribution < -0.4 is 5.73 Å². The maximum absolute atomic E-state index is 12.3. The molecule has 0 atom stereocenters. The van der Waals surface area contributed by atoms with Crippen molar-refractivity contribution in [2.24, 2.45) is 5.41 Å². The van der Waals surface area contributed by atoms with Gasteiger partial charge in [-0.05, 0) is 42.4 Å². The first kappa shape index (κ1) is 15.9. The summed E-state index contributed by atoms with van der Waals surface area (Å²) in [5.74, 6) is 0.299. The van der Waals surface area contributed by atoms with E-state index in [0.717, 1.165) is 38.0 Å². The van der Waals surface area contributed by atoms with Crippen LogP contribution in [-0.4, -0.2) is 23.9 Å². The third-order valence-corrected chi connectivity index (χ3v) is 5.28. The number of aryl methyl sites for hydroxylation is 1. The van der Waals surface area contributed by atoms with Crippen molar-refractivity contribution < 1.29 is 4.79 Å². The van der Waals surface area contributed by atoms with Gasteiger partial charge in [-0.3, -0.25) is 4.79 Å². The molecular formula is C18H28N2O. The fourth-order valence-corrected chi connectivity index (χ4v) is 3.28. The van der Waals surface area contributed by atoms with Crippen LogP contribution in [0.2, 0.25) is 0 Å². The van der Waals surface area contributed by atoms with Crippen LogP contribution in [0.4, 0.5) is 5.69 Å². The Bertz CT molecular complexity index is 453. The van der Waals surface area contributed by atoms with E-state index in [4.69, 9.17) is 5.73 Å². The van der Waals surface area contributed by atoms with E-state index in [1.165, 1.54) is 18.4 Å². The fraction of sp³-hybridized carbons (Fsp3) is 0.611. The Morgan fingerprint density at radius 2 is 1.71 bits per heavy atom. The van der Waals surface area contributed by atoms with Crippen molar-refractivity contribution >= 4 is 11.6 Å². The highest BCUT2D eigenvalue weighted by atomic mass is 16.2. The van der Waals surface area contributed by atoms with Crippen LogP contribution in [0.25, 0.3) is 0 Å². The number of amides is 1. The van der Waals surface area contributed by atoms with E-state index < -0.39 is 0 Å². The first-order valence-corrected chi connectivity index (χ1v) is 8.21. The number of hydrogen-bond donors (Lipinski definition) is 1. The number of rotatable bonds is 5. The highest BCUT2D eigenvalue weighted by Crippen LogP contribution is 2.37. The summed E-state index contributed by atoms with van der Waals surface area (Å²) in [4.78, 5) is 14.4. The summed E-state index contributed by atoms with van der Waals surface area (Å²) in [5, 5.41) is 0. The van der Waals surface area contributed by atoms with Gasteiger partial charge in [0, 0.05) is 25.2 Å². The summed E-state index contributed by atoms with van der Waals surface area (Å²) in [5.41, 5.74) is 8.12. The number of nitrogens with two attached hydrogens (primary N) is 1. The van der Waals surface area contributed by atoms with E-state index in [1.54, 1.807) is 0 Å². The van der Waals surface area contributed by atoms with Gasteiger partial charge in [0.05, 0.1) is 0 Å². The van der Waals surface area contributed by atoms with E-state index in [9.17, 15) is 4.79 Å². The molecule has 1 amide bonds. The monoisotopic (exact) mass is 288 g/mol. The molecule has 3 heteroatoms. The summed E-state index contributed by atoms with van der Waals surface area (Å²) in [6.07, 6.45) is 6.20. The number of nitrogen functional groups attached to an aromatic ring is 1. The second-order valence-corrected chi connectivity index (χ2v) is 6.33. The SMILES string of the molecule is CCC1(CC)CCN(C(=O)CCc2ccc(N)cc2)CC1. The zero-order valence-electron chi connectivity index (χ0n) is 13.4. The van der Waals surface area contributed by atoms with Crippen LogP contribution in [-0.2, 0) is 11.2 Å². The van der Waals surface area contributed by atoms with Gasteiger partial charge in [-0.25, -0.2) is 0 Å². The van der Waals surface area contributed by atoms with Gasteiger partial charge in [-0.2, -0.15) is 0 Å². The molecule has 0 bridgehead atoms. The zero-order chi connectivity index (χ0) is 15.3. The summed E-state index contributed by atoms with van der Waals surface area (Å²) < 4.78 is 0. The van der Waals surface area contributed by atoms with E-state index in [-0.39, 0.29) is 0 Å². The predicted molar refractivity (Wildman–Crippen MR) is 88.0 cm³/mol. The minimum atomic E-state index is 0.299. The Morgan fingerprint density at radius 1 is 1.14 bits per heavy atom. The van der Waals surface area contributed by atoms with Crippen LogP contribution in [0.3, 0.4) is 0 Å². The molecule has 2 N–H and O–H groups in total. The number of carbonyl (C=O) groups excluding carboxylic acids is 1. The number of piperidine rings is 1. The molecule has 1 aliphatic heterocycles. The van der Waals surface area contributed by atoms with Crippen molar-refractivity contribution in [3.05, 3.63) is 29.8 Å². The first-order valence-electron chi connectivity index (χ1n) is 8.21. The minimum Gasteiger partial charge on any atom is -0.399 e. The number of carbonyl (C=O) groups is 1. The lowest BCUT2D eigenvalue weighted by Crippen LogP contribution is -2.42. The standard InChI is InChI=1S/C18H28N2O/c1-3-18(4-2)11-13-20(14-12-18)17(21)10-7-15-5-8-16(19)9-6-15/h5-6,8-9H,3-4,7,10-14,19H2,1-2H3. The van der Waals surface area contributed by atoms with Gasteiger partial charge in [0.1, 0.15) is 0 Å². The third kappa shape index (κ3) is 3.99. The molecule has 0 radical (unpaired) electrons. The lowest BCUT2D eigenvalue weighted by atomic mass is 9.74. The molecule has 1 heterocycles. The third-order valence-electron chi connectivity index (χ3n) is 5.28. The van der Waals surface area contributed by atoms with Gasteiger partial charge >= 0.3 is 0 Å². The summed E-state index contributed by atoms with van der Waals surface area (Å²) >= 11 is 0. The lowest BCUT2D eigenvalue weighted by Gasteiger charge is -2.41. The molecule has 0 aliphatic carbocycles. The second kappa shape index (κ2) is 6.97. The second-order valence-electron chi connectivity index (χ2n) is 6.33. The van der Waals surface area contributed by atoms with Gasteiger partial charge in [0.25, 0.3) is 0 Å². The van der Waals surface area contributed by atoms with Crippen LogP contribution in [0, 0.1) is 5.41 Å². The van der Waals surface area contributed by atoms with Gasteiger partial charge in [-0.1, -0.05) is 38.8 Å². The Morgan fingerprint density at radius 3 is 2.24 bits per heavy atom. The maximum Gasteiger partial charge on any atom is 0.222 e. The molecule has 0 saturated carbocycles. The summed E-state index contributed by atoms with van der Waals surface area (Å²) in [7, 11) is 0. The van der Waals surface area contributed by atoms with Crippen molar-refractivity contribution in [3.8, 4) is 0 Å². The zero-order valence-corrected chi connectivity index (χ0v) is 13.4. The van der Waals surface area contributed by atoms with Crippen molar-refractivity contribution in [1.29, 1.82) is 0 Å². The van der Waals surface area contributed by atoms with Crippen LogP contribution in [0.15, 0.2) is 24.3 Å². The van der Waals surface area contributed by atoms with E-state index in [1.807, 2.05) is 24.3 Å². The topological polar surface area (TPSA) is 46.3 Å². The van der Waals surface area contributed by atoms with Gasteiger partial charge in [0.15, 0.2) is 0 Å². The highest BCUT2D eigenvalue weighted by molar-refractivity contribution is 5.76. The largest absolute Gasteiger partial charge is 0.399 e. The number of hydrogen-bond acceptors (Lipinski definition) is 2. The Hall–Kier alpha value is -1.51. The first-order chi connectivity index (χ1) is 10.1.